The van der Waals surface area contributed by atoms with Gasteiger partial charge in [-0.3, -0.25) is 9.59 Å². The second kappa shape index (κ2) is 8.56. The van der Waals surface area contributed by atoms with Gasteiger partial charge in [0.05, 0.1) is 6.54 Å². The summed E-state index contributed by atoms with van der Waals surface area (Å²) in [5.41, 5.74) is 1.28. The lowest BCUT2D eigenvalue weighted by Gasteiger charge is -2.20. The lowest BCUT2D eigenvalue weighted by molar-refractivity contribution is -0.130. The highest BCUT2D eigenvalue weighted by Crippen LogP contribution is 2.24. The first-order valence-corrected chi connectivity index (χ1v) is 8.05. The zero-order chi connectivity index (χ0) is 17.5. The second-order valence-electron chi connectivity index (χ2n) is 6.60. The summed E-state index contributed by atoms with van der Waals surface area (Å²) in [7, 11) is 0. The molecule has 0 saturated heterocycles. The van der Waals surface area contributed by atoms with Gasteiger partial charge in [-0.15, -0.1) is 0 Å². The average Bonchev–Trinajstić information content (AvgIpc) is 2.50. The van der Waals surface area contributed by atoms with Crippen LogP contribution in [0.5, 0.6) is 5.75 Å². The van der Waals surface area contributed by atoms with Crippen molar-refractivity contribution in [1.82, 2.24) is 10.6 Å². The molecule has 0 aliphatic heterocycles. The molecule has 0 aliphatic rings. The quantitative estimate of drug-likeness (QED) is 0.810. The summed E-state index contributed by atoms with van der Waals surface area (Å²) in [6, 6.07) is 7.72. The molecule has 23 heavy (non-hydrogen) atoms. The van der Waals surface area contributed by atoms with Gasteiger partial charge in [-0.1, -0.05) is 39.8 Å². The normalized spacial score (nSPS) is 12.4. The van der Waals surface area contributed by atoms with E-state index < -0.39 is 6.10 Å². The molecule has 2 N–H and O–H groups in total. The number of nitrogens with one attached hydrogen (secondary N) is 2. The highest BCUT2D eigenvalue weighted by atomic mass is 16.5. The topological polar surface area (TPSA) is 67.4 Å². The molecule has 1 rings (SSSR count). The van der Waals surface area contributed by atoms with Crippen LogP contribution < -0.4 is 15.4 Å². The van der Waals surface area contributed by atoms with Gasteiger partial charge in [0.2, 0.25) is 5.91 Å². The second-order valence-corrected chi connectivity index (χ2v) is 6.60. The first-order chi connectivity index (χ1) is 10.7. The van der Waals surface area contributed by atoms with Gasteiger partial charge >= 0.3 is 0 Å². The van der Waals surface area contributed by atoms with Crippen LogP contribution in [0.2, 0.25) is 0 Å². The van der Waals surface area contributed by atoms with Crippen LogP contribution >= 0.6 is 0 Å². The third-order valence-corrected chi connectivity index (χ3v) is 3.40. The summed E-state index contributed by atoms with van der Waals surface area (Å²) in [6.45, 7) is 10.6. The van der Waals surface area contributed by atoms with E-state index in [1.54, 1.807) is 6.92 Å². The number of carbonyl (C=O) groups excluding carboxylic acids is 2. The van der Waals surface area contributed by atoms with Crippen LogP contribution in [0.15, 0.2) is 24.3 Å². The Bertz CT molecular complexity index is 518. The minimum absolute atomic E-state index is 0.0322. The lowest BCUT2D eigenvalue weighted by Crippen LogP contribution is -2.42. The monoisotopic (exact) mass is 320 g/mol. The van der Waals surface area contributed by atoms with Crippen LogP contribution in [0.1, 0.15) is 46.6 Å². The van der Waals surface area contributed by atoms with Crippen molar-refractivity contribution in [3.63, 3.8) is 0 Å². The van der Waals surface area contributed by atoms with Gasteiger partial charge in [-0.05, 0) is 36.5 Å². The van der Waals surface area contributed by atoms with Gasteiger partial charge < -0.3 is 15.4 Å². The maximum absolute atomic E-state index is 11.9. The Hall–Kier alpha value is -2.04. The van der Waals surface area contributed by atoms with Crippen LogP contribution in [0, 0.1) is 0 Å². The predicted octanol–water partition coefficient (Wildman–Crippen LogP) is 2.39. The SMILES string of the molecule is CCCNC(=O)CNC(=O)C(C)Oc1ccc(C(C)(C)C)cc1. The van der Waals surface area contributed by atoms with Gasteiger partial charge in [0.25, 0.3) is 5.91 Å². The number of rotatable bonds is 7. The van der Waals surface area contributed by atoms with Gasteiger partial charge in [0.15, 0.2) is 6.10 Å². The van der Waals surface area contributed by atoms with Crippen molar-refractivity contribution < 1.29 is 14.3 Å². The van der Waals surface area contributed by atoms with E-state index in [9.17, 15) is 9.59 Å². The molecule has 0 radical (unpaired) electrons. The molecule has 1 atom stereocenters. The lowest BCUT2D eigenvalue weighted by atomic mass is 9.87. The molecule has 1 aromatic carbocycles. The van der Waals surface area contributed by atoms with E-state index in [1.165, 1.54) is 5.56 Å². The number of carbonyl (C=O) groups is 2. The van der Waals surface area contributed by atoms with Crippen LogP contribution in [0.25, 0.3) is 0 Å². The molecule has 0 aliphatic carbocycles. The van der Waals surface area contributed by atoms with Crippen molar-refractivity contribution in [2.24, 2.45) is 0 Å². The van der Waals surface area contributed by atoms with Crippen molar-refractivity contribution in [3.05, 3.63) is 29.8 Å². The maximum atomic E-state index is 11.9. The van der Waals surface area contributed by atoms with Gasteiger partial charge in [-0.25, -0.2) is 0 Å². The van der Waals surface area contributed by atoms with Crippen molar-refractivity contribution in [2.75, 3.05) is 13.1 Å². The molecular formula is C18H28N2O3. The minimum atomic E-state index is -0.658. The Morgan fingerprint density at radius 1 is 1.13 bits per heavy atom. The number of amides is 2. The van der Waals surface area contributed by atoms with Crippen LogP contribution in [-0.4, -0.2) is 31.0 Å². The zero-order valence-electron chi connectivity index (χ0n) is 14.7. The number of hydrogen-bond acceptors (Lipinski definition) is 3. The van der Waals surface area contributed by atoms with E-state index in [0.29, 0.717) is 12.3 Å². The Morgan fingerprint density at radius 2 is 1.74 bits per heavy atom. The molecule has 0 bridgehead atoms. The highest BCUT2D eigenvalue weighted by molar-refractivity contribution is 5.86. The van der Waals surface area contributed by atoms with Crippen LogP contribution in [0.4, 0.5) is 0 Å². The Morgan fingerprint density at radius 3 is 2.26 bits per heavy atom. The number of hydrogen-bond donors (Lipinski definition) is 2. The van der Waals surface area contributed by atoms with Gasteiger partial charge in [0, 0.05) is 6.54 Å². The fraction of sp³-hybridized carbons (Fsp3) is 0.556. The van der Waals surface area contributed by atoms with Crippen molar-refractivity contribution >= 4 is 11.8 Å². The summed E-state index contributed by atoms with van der Waals surface area (Å²) >= 11 is 0. The molecule has 0 saturated carbocycles. The fourth-order valence-electron chi connectivity index (χ4n) is 1.93. The number of benzene rings is 1. The zero-order valence-corrected chi connectivity index (χ0v) is 14.7. The van der Waals surface area contributed by atoms with E-state index in [0.717, 1.165) is 6.42 Å². The van der Waals surface area contributed by atoms with Crippen molar-refractivity contribution in [3.8, 4) is 5.75 Å². The smallest absolute Gasteiger partial charge is 0.261 e. The van der Waals surface area contributed by atoms with E-state index in [-0.39, 0.29) is 23.8 Å². The van der Waals surface area contributed by atoms with Crippen molar-refractivity contribution in [2.45, 2.75) is 52.6 Å². The summed E-state index contributed by atoms with van der Waals surface area (Å²) in [4.78, 5) is 23.4. The molecule has 0 heterocycles. The van der Waals surface area contributed by atoms with E-state index in [2.05, 4.69) is 31.4 Å². The molecule has 0 fully saturated rings. The summed E-state index contributed by atoms with van der Waals surface area (Å²) in [5.74, 6) is 0.134. The Kier molecular flexibility index (Phi) is 7.07. The summed E-state index contributed by atoms with van der Waals surface area (Å²) in [5, 5.41) is 5.27. The van der Waals surface area contributed by atoms with Crippen LogP contribution in [0.3, 0.4) is 0 Å². The predicted molar refractivity (Wildman–Crippen MR) is 91.5 cm³/mol. The van der Waals surface area contributed by atoms with Gasteiger partial charge in [0.1, 0.15) is 5.75 Å². The third-order valence-electron chi connectivity index (χ3n) is 3.40. The van der Waals surface area contributed by atoms with E-state index >= 15 is 0 Å². The van der Waals surface area contributed by atoms with Crippen LogP contribution in [-0.2, 0) is 15.0 Å². The Labute approximate surface area is 138 Å². The highest BCUT2D eigenvalue weighted by Gasteiger charge is 2.17. The Balaban J connectivity index is 2.47. The standard InChI is InChI=1S/C18H28N2O3/c1-6-11-19-16(21)12-20-17(22)13(2)23-15-9-7-14(8-10-15)18(3,4)5/h7-10,13H,6,11-12H2,1-5H3,(H,19,21)(H,20,22). The molecule has 5 heteroatoms. The average molecular weight is 320 g/mol. The molecule has 1 unspecified atom stereocenters. The van der Waals surface area contributed by atoms with Crippen molar-refractivity contribution in [1.29, 1.82) is 0 Å². The van der Waals surface area contributed by atoms with E-state index in [4.69, 9.17) is 4.74 Å². The largest absolute Gasteiger partial charge is 0.481 e. The fourth-order valence-corrected chi connectivity index (χ4v) is 1.93. The molecule has 1 aromatic rings. The molecule has 5 nitrogen and oxygen atoms in total. The first kappa shape index (κ1) is 19.0. The third kappa shape index (κ3) is 6.72. The molecule has 0 spiro atoms. The molecular weight excluding hydrogens is 292 g/mol. The molecule has 0 aromatic heterocycles. The first-order valence-electron chi connectivity index (χ1n) is 8.05. The number of ether oxygens (including phenoxy) is 1. The summed E-state index contributed by atoms with van der Waals surface area (Å²) in [6.07, 6.45) is 0.207. The molecule has 2 amide bonds. The van der Waals surface area contributed by atoms with E-state index in [1.807, 2.05) is 31.2 Å². The van der Waals surface area contributed by atoms with Gasteiger partial charge in [-0.2, -0.15) is 0 Å². The minimum Gasteiger partial charge on any atom is -0.481 e. The summed E-state index contributed by atoms with van der Waals surface area (Å²) < 4.78 is 5.61. The molecule has 128 valence electrons. The maximum Gasteiger partial charge on any atom is 0.261 e.